The topological polar surface area (TPSA) is 16.4 Å². The Balaban J connectivity index is 1.12. The minimum absolute atomic E-state index is 0.159. The van der Waals surface area contributed by atoms with Gasteiger partial charge in [-0.2, -0.15) is 0 Å². The summed E-state index contributed by atoms with van der Waals surface area (Å²) in [5, 5.41) is 14.5. The van der Waals surface area contributed by atoms with Crippen molar-refractivity contribution in [2.45, 2.75) is 19.3 Å². The highest BCUT2D eigenvalue weighted by Crippen LogP contribution is 2.53. The van der Waals surface area contributed by atoms with E-state index in [0.717, 1.165) is 50.1 Å². The molecule has 0 unspecified atom stereocenters. The predicted molar refractivity (Wildman–Crippen MR) is 259 cm³/mol. The second-order valence-electron chi connectivity index (χ2n) is 17.2. The molecule has 61 heavy (non-hydrogen) atoms. The Kier molecular flexibility index (Phi) is 7.10. The van der Waals surface area contributed by atoms with Crippen LogP contribution < -0.4 is 4.90 Å². The number of hydrogen-bond donors (Lipinski definition) is 0. The lowest BCUT2D eigenvalue weighted by Crippen LogP contribution is -2.16. The molecule has 0 atom stereocenters. The molecule has 12 aromatic rings. The first kappa shape index (κ1) is 34.2. The highest BCUT2D eigenvalue weighted by Gasteiger charge is 2.36. The number of fused-ring (bicyclic) bond motifs is 14. The third-order valence-corrected chi connectivity index (χ3v) is 13.6. The SMILES string of the molecule is CC1(C)c2ccccc2-c2ccc(N(c3ccc4c5ccccc5c5ccccc5c4c3)c3cccc4oc5c(-c6ccc7ccccc7c6)c6ccccc6cc5c34)cc21. The summed E-state index contributed by atoms with van der Waals surface area (Å²) in [6, 6.07) is 73.7. The smallest absolute Gasteiger partial charge is 0.143 e. The predicted octanol–water partition coefficient (Wildman–Crippen LogP) is 16.8. The van der Waals surface area contributed by atoms with Crippen LogP contribution in [0.15, 0.2) is 205 Å². The summed E-state index contributed by atoms with van der Waals surface area (Å²) in [5.41, 5.74) is 12.5. The zero-order chi connectivity index (χ0) is 40.4. The Hall–Kier alpha value is -7.68. The monoisotopic (exact) mass is 777 g/mol. The minimum atomic E-state index is -0.159. The number of hydrogen-bond acceptors (Lipinski definition) is 2. The Morgan fingerprint density at radius 2 is 1.00 bits per heavy atom. The van der Waals surface area contributed by atoms with E-state index in [1.54, 1.807) is 0 Å². The first-order valence-electron chi connectivity index (χ1n) is 21.3. The molecule has 2 heteroatoms. The zero-order valence-electron chi connectivity index (χ0n) is 33.9. The summed E-state index contributed by atoms with van der Waals surface area (Å²) < 4.78 is 7.12. The number of furan rings is 1. The van der Waals surface area contributed by atoms with Gasteiger partial charge in [0.25, 0.3) is 0 Å². The van der Waals surface area contributed by atoms with Crippen molar-refractivity contribution in [1.82, 2.24) is 0 Å². The second-order valence-corrected chi connectivity index (χ2v) is 17.2. The molecule has 1 aliphatic carbocycles. The molecule has 1 aliphatic rings. The highest BCUT2D eigenvalue weighted by atomic mass is 16.3. The first-order valence-corrected chi connectivity index (χ1v) is 21.3. The van der Waals surface area contributed by atoms with E-state index in [1.807, 2.05) is 0 Å². The van der Waals surface area contributed by atoms with Crippen LogP contribution in [-0.4, -0.2) is 0 Å². The second kappa shape index (κ2) is 12.7. The third-order valence-electron chi connectivity index (χ3n) is 13.6. The van der Waals surface area contributed by atoms with E-state index < -0.39 is 0 Å². The maximum absolute atomic E-state index is 7.12. The van der Waals surface area contributed by atoms with Gasteiger partial charge in [-0.1, -0.05) is 166 Å². The molecule has 0 radical (unpaired) electrons. The van der Waals surface area contributed by atoms with Crippen LogP contribution in [0.3, 0.4) is 0 Å². The van der Waals surface area contributed by atoms with E-state index in [2.05, 4.69) is 219 Å². The Morgan fingerprint density at radius 3 is 1.79 bits per heavy atom. The van der Waals surface area contributed by atoms with Crippen LogP contribution >= 0.6 is 0 Å². The number of nitrogens with zero attached hydrogens (tertiary/aromatic N) is 1. The average Bonchev–Trinajstić information content (AvgIpc) is 3.79. The standard InChI is InChI=1S/C59H39NO/c1-59(2)52-23-12-11-22-48(52)49-31-29-41(35-53(49)59)60(40-28-30-47-45-20-8-7-18-43(45)44-19-9-10-21-46(44)50(47)34-40)54-24-13-25-55-57(54)51-33-38-16-5-6-17-42(38)56(58(51)61-55)39-27-26-36-14-3-4-15-37(36)32-39/h3-35H,1-2H3. The largest absolute Gasteiger partial charge is 0.455 e. The van der Waals surface area contributed by atoms with Gasteiger partial charge in [-0.15, -0.1) is 0 Å². The van der Waals surface area contributed by atoms with Crippen molar-refractivity contribution in [3.63, 3.8) is 0 Å². The molecule has 286 valence electrons. The third kappa shape index (κ3) is 4.91. The Labute approximate surface area is 353 Å². The van der Waals surface area contributed by atoms with Gasteiger partial charge in [0.1, 0.15) is 11.2 Å². The van der Waals surface area contributed by atoms with Crippen molar-refractivity contribution < 1.29 is 4.42 Å². The van der Waals surface area contributed by atoms with Gasteiger partial charge >= 0.3 is 0 Å². The number of anilines is 3. The van der Waals surface area contributed by atoms with E-state index >= 15 is 0 Å². The molecule has 2 nitrogen and oxygen atoms in total. The molecule has 11 aromatic carbocycles. The van der Waals surface area contributed by atoms with E-state index in [0.29, 0.717) is 0 Å². The van der Waals surface area contributed by atoms with Crippen molar-refractivity contribution in [3.8, 4) is 22.3 Å². The molecular formula is C59H39NO. The molecule has 0 saturated heterocycles. The molecule has 0 spiro atoms. The van der Waals surface area contributed by atoms with Crippen molar-refractivity contribution in [1.29, 1.82) is 0 Å². The molecule has 0 aliphatic heterocycles. The fraction of sp³-hybridized carbons (Fsp3) is 0.0508. The van der Waals surface area contributed by atoms with Crippen LogP contribution in [0.4, 0.5) is 17.1 Å². The van der Waals surface area contributed by atoms with Gasteiger partial charge in [0.15, 0.2) is 0 Å². The van der Waals surface area contributed by atoms with E-state index in [1.165, 1.54) is 76.1 Å². The van der Waals surface area contributed by atoms with Crippen molar-refractivity contribution in [2.75, 3.05) is 4.90 Å². The summed E-state index contributed by atoms with van der Waals surface area (Å²) in [4.78, 5) is 2.48. The van der Waals surface area contributed by atoms with E-state index in [-0.39, 0.29) is 5.41 Å². The van der Waals surface area contributed by atoms with E-state index in [4.69, 9.17) is 4.42 Å². The maximum atomic E-state index is 7.12. The first-order chi connectivity index (χ1) is 30.0. The van der Waals surface area contributed by atoms with Crippen LogP contribution in [0.25, 0.3) is 98.1 Å². The Morgan fingerprint density at radius 1 is 0.393 bits per heavy atom. The fourth-order valence-electron chi connectivity index (χ4n) is 10.7. The van der Waals surface area contributed by atoms with Gasteiger partial charge in [-0.25, -0.2) is 0 Å². The molecule has 0 bridgehead atoms. The molecule has 1 aromatic heterocycles. The summed E-state index contributed by atoms with van der Waals surface area (Å²) in [6.45, 7) is 4.73. The Bertz CT molecular complexity index is 3780. The number of rotatable bonds is 4. The van der Waals surface area contributed by atoms with Gasteiger partial charge in [0.05, 0.1) is 11.1 Å². The van der Waals surface area contributed by atoms with Gasteiger partial charge in [-0.05, 0) is 130 Å². The highest BCUT2D eigenvalue weighted by molar-refractivity contribution is 6.26. The lowest BCUT2D eigenvalue weighted by atomic mass is 9.82. The molecule has 13 rings (SSSR count). The lowest BCUT2D eigenvalue weighted by molar-refractivity contribution is 0.660. The van der Waals surface area contributed by atoms with Crippen molar-refractivity contribution in [3.05, 3.63) is 211 Å². The van der Waals surface area contributed by atoms with Gasteiger partial charge in [-0.3, -0.25) is 0 Å². The normalized spacial score (nSPS) is 13.2. The van der Waals surface area contributed by atoms with Crippen LogP contribution in [0.2, 0.25) is 0 Å². The van der Waals surface area contributed by atoms with Crippen molar-refractivity contribution >= 4 is 92.9 Å². The van der Waals surface area contributed by atoms with Crippen LogP contribution in [-0.2, 0) is 5.41 Å². The lowest BCUT2D eigenvalue weighted by Gasteiger charge is -2.29. The molecule has 0 fully saturated rings. The number of benzene rings is 11. The molecule has 0 N–H and O–H groups in total. The summed E-state index contributed by atoms with van der Waals surface area (Å²) >= 11 is 0. The molecule has 0 saturated carbocycles. The molecule has 0 amide bonds. The van der Waals surface area contributed by atoms with Gasteiger partial charge < -0.3 is 9.32 Å². The summed E-state index contributed by atoms with van der Waals surface area (Å²) in [6.07, 6.45) is 0. The van der Waals surface area contributed by atoms with Crippen LogP contribution in [0.1, 0.15) is 25.0 Å². The van der Waals surface area contributed by atoms with Crippen LogP contribution in [0, 0.1) is 0 Å². The van der Waals surface area contributed by atoms with Gasteiger partial charge in [0, 0.05) is 27.7 Å². The fourth-order valence-corrected chi connectivity index (χ4v) is 10.7. The molecule has 1 heterocycles. The van der Waals surface area contributed by atoms with Gasteiger partial charge in [0.2, 0.25) is 0 Å². The maximum Gasteiger partial charge on any atom is 0.143 e. The molecular weight excluding hydrogens is 739 g/mol. The van der Waals surface area contributed by atoms with E-state index in [9.17, 15) is 0 Å². The summed E-state index contributed by atoms with van der Waals surface area (Å²) in [7, 11) is 0. The average molecular weight is 778 g/mol. The summed E-state index contributed by atoms with van der Waals surface area (Å²) in [5.74, 6) is 0. The quantitative estimate of drug-likeness (QED) is 0.166. The van der Waals surface area contributed by atoms with Crippen LogP contribution in [0.5, 0.6) is 0 Å². The zero-order valence-corrected chi connectivity index (χ0v) is 33.9. The van der Waals surface area contributed by atoms with Crippen molar-refractivity contribution in [2.24, 2.45) is 0 Å². The minimum Gasteiger partial charge on any atom is -0.455 e.